The summed E-state index contributed by atoms with van der Waals surface area (Å²) >= 11 is 1.19. The van der Waals surface area contributed by atoms with Gasteiger partial charge >= 0.3 is 5.97 Å². The van der Waals surface area contributed by atoms with E-state index in [-0.39, 0.29) is 0 Å². The summed E-state index contributed by atoms with van der Waals surface area (Å²) in [5, 5.41) is 12.1. The van der Waals surface area contributed by atoms with E-state index in [4.69, 9.17) is 5.11 Å². The number of aromatic carboxylic acids is 1. The second-order valence-electron chi connectivity index (χ2n) is 4.73. The fourth-order valence-electron chi connectivity index (χ4n) is 1.91. The van der Waals surface area contributed by atoms with Crippen molar-refractivity contribution < 1.29 is 9.90 Å². The Morgan fingerprint density at radius 3 is 2.59 bits per heavy atom. The van der Waals surface area contributed by atoms with E-state index in [0.29, 0.717) is 16.5 Å². The number of benzene rings is 1. The van der Waals surface area contributed by atoms with Gasteiger partial charge in [0, 0.05) is 11.9 Å². The minimum Gasteiger partial charge on any atom is -0.477 e. The van der Waals surface area contributed by atoms with E-state index in [1.165, 1.54) is 16.9 Å². The van der Waals surface area contributed by atoms with Gasteiger partial charge in [-0.15, -0.1) is 11.3 Å². The van der Waals surface area contributed by atoms with Crippen LogP contribution in [0.4, 0.5) is 11.6 Å². The van der Waals surface area contributed by atoms with Crippen molar-refractivity contribution in [3.8, 4) is 10.6 Å². The Bertz CT molecular complexity index is 812. The van der Waals surface area contributed by atoms with Gasteiger partial charge in [0.1, 0.15) is 4.88 Å². The molecule has 0 atom stereocenters. The van der Waals surface area contributed by atoms with E-state index >= 15 is 0 Å². The van der Waals surface area contributed by atoms with Crippen molar-refractivity contribution in [2.24, 2.45) is 0 Å². The Hall–Kier alpha value is -2.73. The quantitative estimate of drug-likeness (QED) is 0.763. The summed E-state index contributed by atoms with van der Waals surface area (Å²) in [5.41, 5.74) is 2.78. The van der Waals surface area contributed by atoms with Crippen molar-refractivity contribution in [3.05, 3.63) is 59.1 Å². The van der Waals surface area contributed by atoms with Crippen LogP contribution in [0.25, 0.3) is 10.6 Å². The van der Waals surface area contributed by atoms with Gasteiger partial charge in [-0.3, -0.25) is 0 Å². The molecule has 3 rings (SSSR count). The fourth-order valence-corrected chi connectivity index (χ4v) is 2.73. The number of nitrogens with one attached hydrogen (secondary N) is 1. The van der Waals surface area contributed by atoms with Gasteiger partial charge in [0.05, 0.1) is 10.6 Å². The summed E-state index contributed by atoms with van der Waals surface area (Å²) in [6, 6.07) is 13.0. The van der Waals surface area contributed by atoms with E-state index < -0.39 is 5.97 Å². The van der Waals surface area contributed by atoms with Crippen molar-refractivity contribution in [3.63, 3.8) is 0 Å². The number of nitrogens with zero attached hydrogens (tertiary/aromatic N) is 2. The summed E-state index contributed by atoms with van der Waals surface area (Å²) in [6.45, 7) is 2.03. The van der Waals surface area contributed by atoms with Crippen LogP contribution in [0.2, 0.25) is 0 Å². The highest BCUT2D eigenvalue weighted by molar-refractivity contribution is 7.17. The zero-order chi connectivity index (χ0) is 15.5. The summed E-state index contributed by atoms with van der Waals surface area (Å²) in [4.78, 5) is 20.7. The average molecular weight is 311 g/mol. The lowest BCUT2D eigenvalue weighted by atomic mass is 10.2. The zero-order valence-electron chi connectivity index (χ0n) is 11.8. The standard InChI is InChI=1S/C16H13N3O2S/c1-10-2-4-11(5-3-10)18-16-17-9-8-12(19-16)13-6-7-14(22-13)15(20)21/h2-9H,1H3,(H,20,21)(H,17,18,19). The maximum atomic E-state index is 10.9. The average Bonchev–Trinajstić information content (AvgIpc) is 3.00. The minimum absolute atomic E-state index is 0.293. The van der Waals surface area contributed by atoms with Crippen LogP contribution in [0.3, 0.4) is 0 Å². The molecule has 0 fully saturated rings. The lowest BCUT2D eigenvalue weighted by Crippen LogP contribution is -1.97. The van der Waals surface area contributed by atoms with Crippen molar-refractivity contribution in [2.75, 3.05) is 5.32 Å². The van der Waals surface area contributed by atoms with Crippen molar-refractivity contribution in [1.29, 1.82) is 0 Å². The molecule has 3 aromatic rings. The smallest absolute Gasteiger partial charge is 0.345 e. The Morgan fingerprint density at radius 1 is 1.14 bits per heavy atom. The Balaban J connectivity index is 1.85. The molecule has 0 unspecified atom stereocenters. The molecular weight excluding hydrogens is 298 g/mol. The number of anilines is 2. The summed E-state index contributed by atoms with van der Waals surface area (Å²) < 4.78 is 0. The summed E-state index contributed by atoms with van der Waals surface area (Å²) in [6.07, 6.45) is 1.65. The predicted molar refractivity (Wildman–Crippen MR) is 86.8 cm³/mol. The first-order valence-corrected chi connectivity index (χ1v) is 7.44. The van der Waals surface area contributed by atoms with Crippen molar-refractivity contribution >= 4 is 28.9 Å². The van der Waals surface area contributed by atoms with E-state index in [1.807, 2.05) is 31.2 Å². The molecule has 6 heteroatoms. The molecule has 2 heterocycles. The normalized spacial score (nSPS) is 10.4. The Morgan fingerprint density at radius 2 is 1.91 bits per heavy atom. The second kappa shape index (κ2) is 5.95. The first-order valence-electron chi connectivity index (χ1n) is 6.62. The molecule has 0 amide bonds. The zero-order valence-corrected chi connectivity index (χ0v) is 12.6. The maximum absolute atomic E-state index is 10.9. The van der Waals surface area contributed by atoms with Gasteiger partial charge in [-0.25, -0.2) is 14.8 Å². The van der Waals surface area contributed by atoms with Crippen LogP contribution in [-0.2, 0) is 0 Å². The monoisotopic (exact) mass is 311 g/mol. The number of carboxylic acid groups (broad SMARTS) is 1. The van der Waals surface area contributed by atoms with Crippen LogP contribution < -0.4 is 5.32 Å². The maximum Gasteiger partial charge on any atom is 0.345 e. The third-order valence-electron chi connectivity index (χ3n) is 3.03. The fraction of sp³-hybridized carbons (Fsp3) is 0.0625. The summed E-state index contributed by atoms with van der Waals surface area (Å²) in [5.74, 6) is -0.449. The van der Waals surface area contributed by atoms with Crippen molar-refractivity contribution in [1.82, 2.24) is 9.97 Å². The number of carbonyl (C=O) groups is 1. The third kappa shape index (κ3) is 3.12. The number of hydrogen-bond donors (Lipinski definition) is 2. The second-order valence-corrected chi connectivity index (χ2v) is 5.81. The topological polar surface area (TPSA) is 75.1 Å². The highest BCUT2D eigenvalue weighted by Crippen LogP contribution is 2.27. The number of thiophene rings is 1. The van der Waals surface area contributed by atoms with Gasteiger partial charge in [-0.2, -0.15) is 0 Å². The lowest BCUT2D eigenvalue weighted by molar-refractivity contribution is 0.0702. The minimum atomic E-state index is -0.927. The molecule has 110 valence electrons. The predicted octanol–water partition coefficient (Wildman–Crippen LogP) is 3.96. The van der Waals surface area contributed by atoms with Gasteiger partial charge in [-0.1, -0.05) is 17.7 Å². The third-order valence-corrected chi connectivity index (χ3v) is 4.13. The van der Waals surface area contributed by atoms with E-state index in [2.05, 4.69) is 15.3 Å². The SMILES string of the molecule is Cc1ccc(Nc2nccc(-c3ccc(C(=O)O)s3)n2)cc1. The Kier molecular flexibility index (Phi) is 3.84. The van der Waals surface area contributed by atoms with Gasteiger partial charge in [0.25, 0.3) is 0 Å². The van der Waals surface area contributed by atoms with Gasteiger partial charge in [0.15, 0.2) is 0 Å². The highest BCUT2D eigenvalue weighted by Gasteiger charge is 2.10. The van der Waals surface area contributed by atoms with Crippen LogP contribution in [-0.4, -0.2) is 21.0 Å². The largest absolute Gasteiger partial charge is 0.477 e. The molecule has 1 aromatic carbocycles. The van der Waals surface area contributed by atoms with Crippen molar-refractivity contribution in [2.45, 2.75) is 6.92 Å². The number of rotatable bonds is 4. The lowest BCUT2D eigenvalue weighted by Gasteiger charge is -2.06. The molecule has 2 aromatic heterocycles. The van der Waals surface area contributed by atoms with Crippen LogP contribution >= 0.6 is 11.3 Å². The van der Waals surface area contributed by atoms with Crippen LogP contribution in [0.15, 0.2) is 48.7 Å². The van der Waals surface area contributed by atoms with Crippen LogP contribution in [0.1, 0.15) is 15.2 Å². The first-order chi connectivity index (χ1) is 10.6. The molecule has 0 saturated heterocycles. The van der Waals surface area contributed by atoms with Gasteiger partial charge in [-0.05, 0) is 37.3 Å². The highest BCUT2D eigenvalue weighted by atomic mass is 32.1. The molecule has 0 spiro atoms. The molecule has 0 saturated carbocycles. The van der Waals surface area contributed by atoms with E-state index in [0.717, 1.165) is 10.6 Å². The van der Waals surface area contributed by atoms with Gasteiger partial charge < -0.3 is 10.4 Å². The molecule has 0 aliphatic rings. The molecular formula is C16H13N3O2S. The van der Waals surface area contributed by atoms with Crippen LogP contribution in [0.5, 0.6) is 0 Å². The van der Waals surface area contributed by atoms with E-state index in [9.17, 15) is 4.79 Å². The number of carboxylic acids is 1. The number of hydrogen-bond acceptors (Lipinski definition) is 5. The molecule has 2 N–H and O–H groups in total. The first kappa shape index (κ1) is 14.2. The molecule has 0 radical (unpaired) electrons. The molecule has 0 aliphatic carbocycles. The molecule has 0 aliphatic heterocycles. The summed E-state index contributed by atoms with van der Waals surface area (Å²) in [7, 11) is 0. The van der Waals surface area contributed by atoms with Gasteiger partial charge in [0.2, 0.25) is 5.95 Å². The molecule has 5 nitrogen and oxygen atoms in total. The molecule has 0 bridgehead atoms. The number of aromatic nitrogens is 2. The molecule has 22 heavy (non-hydrogen) atoms. The number of aryl methyl sites for hydroxylation is 1. The van der Waals surface area contributed by atoms with Crippen LogP contribution in [0, 0.1) is 6.92 Å². The Labute approximate surface area is 131 Å². The van der Waals surface area contributed by atoms with E-state index in [1.54, 1.807) is 24.4 Å².